The monoisotopic (exact) mass is 391 g/mol. The van der Waals surface area contributed by atoms with Gasteiger partial charge in [-0.25, -0.2) is 0 Å². The summed E-state index contributed by atoms with van der Waals surface area (Å²) in [6.07, 6.45) is 5.13. The Kier molecular flexibility index (Phi) is 6.73. The Morgan fingerprint density at radius 2 is 1.86 bits per heavy atom. The molecule has 0 bridgehead atoms. The molecule has 0 saturated heterocycles. The van der Waals surface area contributed by atoms with E-state index in [1.807, 2.05) is 77.5 Å². The van der Waals surface area contributed by atoms with Crippen molar-refractivity contribution in [3.05, 3.63) is 79.0 Å². The van der Waals surface area contributed by atoms with E-state index in [1.54, 1.807) is 0 Å². The van der Waals surface area contributed by atoms with Gasteiger partial charge in [0.1, 0.15) is 17.7 Å². The third-order valence-corrected chi connectivity index (χ3v) is 5.20. The van der Waals surface area contributed by atoms with Gasteiger partial charge in [-0.3, -0.25) is 4.79 Å². The summed E-state index contributed by atoms with van der Waals surface area (Å²) in [5, 5.41) is 0. The number of nitrogens with zero attached hydrogens (tertiary/aromatic N) is 2. The van der Waals surface area contributed by atoms with Crippen LogP contribution < -0.4 is 15.4 Å². The summed E-state index contributed by atoms with van der Waals surface area (Å²) in [5.74, 6) is 1.52. The Hall–Kier alpha value is -3.05. The number of hydrogen-bond donors (Lipinski definition) is 1. The molecule has 1 aliphatic rings. The van der Waals surface area contributed by atoms with Crippen LogP contribution in [0, 0.1) is 0 Å². The zero-order valence-corrected chi connectivity index (χ0v) is 17.1. The van der Waals surface area contributed by atoms with Crippen LogP contribution in [0.5, 0.6) is 11.5 Å². The van der Waals surface area contributed by atoms with Crippen molar-refractivity contribution >= 4 is 11.6 Å². The highest BCUT2D eigenvalue weighted by Gasteiger charge is 2.34. The predicted molar refractivity (Wildman–Crippen MR) is 118 cm³/mol. The molecule has 1 amide bonds. The number of nitrogens with two attached hydrogens (primary N) is 1. The SMILES string of the molecule is C=CC(=O)N(CCCC)[C@H](C)C1=CN(c2ccc(Oc3ccccc3)cc2)C1N. The average molecular weight is 392 g/mol. The number of para-hydroxylation sites is 1. The summed E-state index contributed by atoms with van der Waals surface area (Å²) in [5.41, 5.74) is 8.46. The van der Waals surface area contributed by atoms with E-state index in [0.717, 1.165) is 35.6 Å². The van der Waals surface area contributed by atoms with E-state index in [4.69, 9.17) is 10.5 Å². The molecule has 0 spiro atoms. The quantitative estimate of drug-likeness (QED) is 0.631. The van der Waals surface area contributed by atoms with Gasteiger partial charge in [-0.05, 0) is 55.8 Å². The Bertz CT molecular complexity index is 861. The number of anilines is 1. The van der Waals surface area contributed by atoms with Crippen LogP contribution in [0.1, 0.15) is 26.7 Å². The fourth-order valence-electron chi connectivity index (χ4n) is 3.42. The van der Waals surface area contributed by atoms with Crippen LogP contribution >= 0.6 is 0 Å². The molecule has 2 atom stereocenters. The van der Waals surface area contributed by atoms with Gasteiger partial charge < -0.3 is 20.3 Å². The van der Waals surface area contributed by atoms with Gasteiger partial charge in [-0.2, -0.15) is 0 Å². The van der Waals surface area contributed by atoms with Gasteiger partial charge in [0, 0.05) is 24.0 Å². The topological polar surface area (TPSA) is 58.8 Å². The first-order valence-electron chi connectivity index (χ1n) is 10.1. The molecule has 5 heteroatoms. The predicted octanol–water partition coefficient (Wildman–Crippen LogP) is 4.67. The minimum atomic E-state index is -0.257. The highest BCUT2D eigenvalue weighted by atomic mass is 16.5. The molecule has 1 unspecified atom stereocenters. The molecule has 0 saturated carbocycles. The maximum Gasteiger partial charge on any atom is 0.246 e. The number of unbranched alkanes of at least 4 members (excludes halogenated alkanes) is 1. The van der Waals surface area contributed by atoms with E-state index < -0.39 is 0 Å². The summed E-state index contributed by atoms with van der Waals surface area (Å²) in [6.45, 7) is 8.48. The van der Waals surface area contributed by atoms with Crippen LogP contribution in [0.3, 0.4) is 0 Å². The first-order valence-corrected chi connectivity index (χ1v) is 10.1. The summed E-state index contributed by atoms with van der Waals surface area (Å²) in [7, 11) is 0. The molecule has 5 nitrogen and oxygen atoms in total. The normalized spacial score (nSPS) is 16.4. The summed E-state index contributed by atoms with van der Waals surface area (Å²) >= 11 is 0. The van der Waals surface area contributed by atoms with E-state index >= 15 is 0 Å². The molecule has 29 heavy (non-hydrogen) atoms. The molecule has 1 aliphatic heterocycles. The van der Waals surface area contributed by atoms with Crippen LogP contribution in [0.2, 0.25) is 0 Å². The van der Waals surface area contributed by atoms with Gasteiger partial charge >= 0.3 is 0 Å². The maximum atomic E-state index is 12.3. The number of carbonyl (C=O) groups excluding carboxylic acids is 1. The van der Waals surface area contributed by atoms with Crippen molar-refractivity contribution < 1.29 is 9.53 Å². The van der Waals surface area contributed by atoms with E-state index in [1.165, 1.54) is 6.08 Å². The average Bonchev–Trinajstić information content (AvgIpc) is 2.74. The van der Waals surface area contributed by atoms with Gasteiger partial charge in [0.05, 0.1) is 6.04 Å². The molecular formula is C24H29N3O2. The lowest BCUT2D eigenvalue weighted by atomic mass is 9.97. The minimum absolute atomic E-state index is 0.0556. The third kappa shape index (κ3) is 4.69. The summed E-state index contributed by atoms with van der Waals surface area (Å²) in [4.78, 5) is 16.1. The van der Waals surface area contributed by atoms with E-state index in [0.29, 0.717) is 6.54 Å². The van der Waals surface area contributed by atoms with E-state index in [-0.39, 0.29) is 18.1 Å². The van der Waals surface area contributed by atoms with Crippen molar-refractivity contribution in [2.24, 2.45) is 5.73 Å². The first kappa shape index (κ1) is 20.7. The second-order valence-corrected chi connectivity index (χ2v) is 7.16. The van der Waals surface area contributed by atoms with Gasteiger partial charge in [0.15, 0.2) is 0 Å². The Balaban J connectivity index is 1.68. The number of hydrogen-bond acceptors (Lipinski definition) is 4. The molecule has 2 N–H and O–H groups in total. The van der Waals surface area contributed by atoms with Crippen LogP contribution in [0.25, 0.3) is 0 Å². The molecule has 3 rings (SSSR count). The lowest BCUT2D eigenvalue weighted by molar-refractivity contribution is -0.127. The lowest BCUT2D eigenvalue weighted by Crippen LogP contribution is -2.55. The van der Waals surface area contributed by atoms with E-state index in [9.17, 15) is 4.79 Å². The fourth-order valence-corrected chi connectivity index (χ4v) is 3.42. The lowest BCUT2D eigenvalue weighted by Gasteiger charge is -2.44. The molecule has 0 aliphatic carbocycles. The molecule has 0 radical (unpaired) electrons. The summed E-state index contributed by atoms with van der Waals surface area (Å²) in [6, 6.07) is 17.5. The van der Waals surface area contributed by atoms with E-state index in [2.05, 4.69) is 13.5 Å². The van der Waals surface area contributed by atoms with Gasteiger partial charge in [0.2, 0.25) is 5.91 Å². The zero-order valence-electron chi connectivity index (χ0n) is 17.1. The second-order valence-electron chi connectivity index (χ2n) is 7.16. The van der Waals surface area contributed by atoms with Crippen molar-refractivity contribution in [1.29, 1.82) is 0 Å². The van der Waals surface area contributed by atoms with Crippen molar-refractivity contribution in [3.63, 3.8) is 0 Å². The standard InChI is InChI=1S/C24H29N3O2/c1-4-6-16-26(23(28)5-2)18(3)22-17-27(24(22)25)19-12-14-21(15-13-19)29-20-10-8-7-9-11-20/h5,7-15,17-18,24H,2,4,6,16,25H2,1,3H3/t18-,24?/m1/s1. The van der Waals surface area contributed by atoms with Crippen molar-refractivity contribution in [3.8, 4) is 11.5 Å². The second kappa shape index (κ2) is 9.43. The van der Waals surface area contributed by atoms with Gasteiger partial charge in [-0.1, -0.05) is 38.1 Å². The molecule has 2 aromatic carbocycles. The number of rotatable bonds is 9. The molecule has 0 aromatic heterocycles. The van der Waals surface area contributed by atoms with Gasteiger partial charge in [0.25, 0.3) is 0 Å². The minimum Gasteiger partial charge on any atom is -0.457 e. The molecule has 2 aromatic rings. The van der Waals surface area contributed by atoms with Gasteiger partial charge in [-0.15, -0.1) is 0 Å². The van der Waals surface area contributed by atoms with Crippen LogP contribution in [-0.2, 0) is 4.79 Å². The Labute approximate surface area is 173 Å². The largest absolute Gasteiger partial charge is 0.457 e. The number of benzene rings is 2. The fraction of sp³-hybridized carbons (Fsp3) is 0.292. The molecule has 1 heterocycles. The van der Waals surface area contributed by atoms with Crippen molar-refractivity contribution in [2.75, 3.05) is 11.4 Å². The zero-order chi connectivity index (χ0) is 20.8. The number of amides is 1. The molecule has 152 valence electrons. The Morgan fingerprint density at radius 3 is 2.45 bits per heavy atom. The van der Waals surface area contributed by atoms with Crippen molar-refractivity contribution in [1.82, 2.24) is 4.90 Å². The van der Waals surface area contributed by atoms with Crippen LogP contribution in [0.15, 0.2) is 79.0 Å². The number of ether oxygens (including phenoxy) is 1. The highest BCUT2D eigenvalue weighted by molar-refractivity contribution is 5.87. The van der Waals surface area contributed by atoms with Crippen LogP contribution in [0.4, 0.5) is 5.69 Å². The molecule has 0 fully saturated rings. The molecular weight excluding hydrogens is 362 g/mol. The summed E-state index contributed by atoms with van der Waals surface area (Å²) < 4.78 is 5.84. The Morgan fingerprint density at radius 1 is 1.21 bits per heavy atom. The number of carbonyl (C=O) groups is 1. The van der Waals surface area contributed by atoms with Crippen LogP contribution in [-0.4, -0.2) is 29.6 Å². The third-order valence-electron chi connectivity index (χ3n) is 5.20. The smallest absolute Gasteiger partial charge is 0.246 e. The van der Waals surface area contributed by atoms with Crippen molar-refractivity contribution in [2.45, 2.75) is 38.9 Å². The highest BCUT2D eigenvalue weighted by Crippen LogP contribution is 2.32. The first-order chi connectivity index (χ1) is 14.0. The maximum absolute atomic E-state index is 12.3.